The first-order valence-corrected chi connectivity index (χ1v) is 4.87. The summed E-state index contributed by atoms with van der Waals surface area (Å²) in [4.78, 5) is 10.5. The summed E-state index contributed by atoms with van der Waals surface area (Å²) in [6, 6.07) is 8.25. The van der Waals surface area contributed by atoms with Crippen LogP contribution >= 0.6 is 0 Å². The minimum atomic E-state index is 0.378. The average molecular weight is 188 g/mol. The first-order valence-electron chi connectivity index (χ1n) is 4.87. The van der Waals surface area contributed by atoms with Gasteiger partial charge in [0, 0.05) is 0 Å². The molecular weight excluding hydrogens is 172 g/mol. The van der Waals surface area contributed by atoms with Crippen LogP contribution in [-0.4, -0.2) is 6.29 Å². The van der Waals surface area contributed by atoms with Gasteiger partial charge in [-0.15, -0.1) is 0 Å². The van der Waals surface area contributed by atoms with Crippen LogP contribution in [0.3, 0.4) is 0 Å². The highest BCUT2D eigenvalue weighted by Gasteiger charge is 2.05. The number of aryl methyl sites for hydroxylation is 1. The Bertz CT molecular complexity index is 331. The number of rotatable bonds is 3. The standard InChI is InChI=1S/C13H16O/c1-10(2)13(8-9-14)12-6-4-11(3)5-7-12/h4-10H,1-3H3/b13-8-. The van der Waals surface area contributed by atoms with Crippen molar-refractivity contribution in [2.45, 2.75) is 20.8 Å². The fraction of sp³-hybridized carbons (Fsp3) is 0.308. The summed E-state index contributed by atoms with van der Waals surface area (Å²) in [6.45, 7) is 6.24. The molecule has 0 N–H and O–H groups in total. The third-order valence-electron chi connectivity index (χ3n) is 2.25. The van der Waals surface area contributed by atoms with Crippen LogP contribution in [0, 0.1) is 12.8 Å². The van der Waals surface area contributed by atoms with Crippen molar-refractivity contribution in [1.29, 1.82) is 0 Å². The Labute approximate surface area is 85.5 Å². The van der Waals surface area contributed by atoms with Crippen LogP contribution in [0.25, 0.3) is 5.57 Å². The van der Waals surface area contributed by atoms with Gasteiger partial charge in [0.05, 0.1) is 0 Å². The minimum absolute atomic E-state index is 0.378. The van der Waals surface area contributed by atoms with Gasteiger partial charge in [-0.3, -0.25) is 4.79 Å². The monoisotopic (exact) mass is 188 g/mol. The molecule has 0 aliphatic heterocycles. The zero-order valence-corrected chi connectivity index (χ0v) is 8.95. The van der Waals surface area contributed by atoms with E-state index in [9.17, 15) is 4.79 Å². The van der Waals surface area contributed by atoms with Crippen LogP contribution in [0.1, 0.15) is 25.0 Å². The summed E-state index contributed by atoms with van der Waals surface area (Å²) in [5, 5.41) is 0. The van der Waals surface area contributed by atoms with Gasteiger partial charge >= 0.3 is 0 Å². The lowest BCUT2D eigenvalue weighted by Crippen LogP contribution is -1.94. The highest BCUT2D eigenvalue weighted by molar-refractivity contribution is 5.82. The van der Waals surface area contributed by atoms with E-state index in [1.165, 1.54) is 5.56 Å². The van der Waals surface area contributed by atoms with E-state index in [-0.39, 0.29) is 0 Å². The second-order valence-electron chi connectivity index (χ2n) is 3.78. The van der Waals surface area contributed by atoms with Crippen molar-refractivity contribution in [2.24, 2.45) is 5.92 Å². The van der Waals surface area contributed by atoms with Crippen LogP contribution in [-0.2, 0) is 4.79 Å². The maximum absolute atomic E-state index is 10.5. The molecule has 0 aliphatic rings. The number of carbonyl (C=O) groups is 1. The Balaban J connectivity index is 3.06. The number of carbonyl (C=O) groups excluding carboxylic acids is 1. The Kier molecular flexibility index (Phi) is 3.63. The largest absolute Gasteiger partial charge is 0.299 e. The van der Waals surface area contributed by atoms with Gasteiger partial charge in [-0.05, 0) is 30.1 Å². The molecule has 14 heavy (non-hydrogen) atoms. The maximum Gasteiger partial charge on any atom is 0.143 e. The summed E-state index contributed by atoms with van der Waals surface area (Å²) >= 11 is 0. The molecule has 0 fully saturated rings. The van der Waals surface area contributed by atoms with Gasteiger partial charge in [-0.25, -0.2) is 0 Å². The second-order valence-corrected chi connectivity index (χ2v) is 3.78. The fourth-order valence-electron chi connectivity index (χ4n) is 1.44. The van der Waals surface area contributed by atoms with Gasteiger partial charge in [-0.1, -0.05) is 43.7 Å². The molecule has 0 aliphatic carbocycles. The molecule has 1 aromatic rings. The molecule has 1 aromatic carbocycles. The van der Waals surface area contributed by atoms with Gasteiger partial charge in [-0.2, -0.15) is 0 Å². The number of allylic oxidation sites excluding steroid dienone is 2. The Morgan fingerprint density at radius 3 is 2.21 bits per heavy atom. The molecule has 1 heteroatoms. The predicted molar refractivity (Wildman–Crippen MR) is 60.1 cm³/mol. The van der Waals surface area contributed by atoms with E-state index in [1.807, 2.05) is 0 Å². The first kappa shape index (κ1) is 10.7. The van der Waals surface area contributed by atoms with Gasteiger partial charge in [0.25, 0.3) is 0 Å². The molecule has 0 unspecified atom stereocenters. The van der Waals surface area contributed by atoms with E-state index in [0.29, 0.717) is 5.92 Å². The molecule has 0 amide bonds. The SMILES string of the molecule is Cc1ccc(/C(=C\C=O)C(C)C)cc1. The Morgan fingerprint density at radius 1 is 1.21 bits per heavy atom. The smallest absolute Gasteiger partial charge is 0.143 e. The third kappa shape index (κ3) is 2.56. The van der Waals surface area contributed by atoms with Gasteiger partial charge in [0.15, 0.2) is 0 Å². The molecule has 0 heterocycles. The molecule has 0 radical (unpaired) electrons. The zero-order valence-electron chi connectivity index (χ0n) is 8.95. The van der Waals surface area contributed by atoms with Gasteiger partial charge in [0.1, 0.15) is 6.29 Å². The lowest BCUT2D eigenvalue weighted by atomic mass is 9.94. The van der Waals surface area contributed by atoms with Crippen molar-refractivity contribution in [2.75, 3.05) is 0 Å². The molecule has 74 valence electrons. The lowest BCUT2D eigenvalue weighted by Gasteiger charge is -2.10. The normalized spacial score (nSPS) is 11.9. The number of hydrogen-bond acceptors (Lipinski definition) is 1. The first-order chi connectivity index (χ1) is 6.65. The molecule has 1 rings (SSSR count). The van der Waals surface area contributed by atoms with E-state index >= 15 is 0 Å². The minimum Gasteiger partial charge on any atom is -0.299 e. The highest BCUT2D eigenvalue weighted by atomic mass is 16.1. The highest BCUT2D eigenvalue weighted by Crippen LogP contribution is 2.22. The number of benzene rings is 1. The van der Waals surface area contributed by atoms with E-state index in [4.69, 9.17) is 0 Å². The van der Waals surface area contributed by atoms with Crippen LogP contribution in [0.2, 0.25) is 0 Å². The summed E-state index contributed by atoms with van der Waals surface area (Å²) in [7, 11) is 0. The van der Waals surface area contributed by atoms with Crippen molar-refractivity contribution in [3.05, 3.63) is 41.5 Å². The molecule has 0 spiro atoms. The Hall–Kier alpha value is -1.37. The molecule has 0 atom stereocenters. The third-order valence-corrected chi connectivity index (χ3v) is 2.25. The summed E-state index contributed by atoms with van der Waals surface area (Å²) in [5.41, 5.74) is 3.47. The summed E-state index contributed by atoms with van der Waals surface area (Å²) < 4.78 is 0. The molecular formula is C13H16O. The summed E-state index contributed by atoms with van der Waals surface area (Å²) in [6.07, 6.45) is 2.50. The van der Waals surface area contributed by atoms with Crippen molar-refractivity contribution >= 4 is 11.9 Å². The van der Waals surface area contributed by atoms with Crippen molar-refractivity contribution < 1.29 is 4.79 Å². The van der Waals surface area contributed by atoms with Crippen molar-refractivity contribution in [3.8, 4) is 0 Å². The quantitative estimate of drug-likeness (QED) is 0.525. The molecule has 0 bridgehead atoms. The Morgan fingerprint density at radius 2 is 1.79 bits per heavy atom. The molecule has 0 saturated heterocycles. The molecule has 1 nitrogen and oxygen atoms in total. The van der Waals surface area contributed by atoms with Crippen LogP contribution in [0.5, 0.6) is 0 Å². The van der Waals surface area contributed by atoms with Crippen molar-refractivity contribution in [3.63, 3.8) is 0 Å². The maximum atomic E-state index is 10.5. The average Bonchev–Trinajstić information content (AvgIpc) is 2.15. The van der Waals surface area contributed by atoms with Gasteiger partial charge in [0.2, 0.25) is 0 Å². The lowest BCUT2D eigenvalue weighted by molar-refractivity contribution is -0.104. The molecule has 0 aromatic heterocycles. The van der Waals surface area contributed by atoms with Crippen LogP contribution in [0.15, 0.2) is 30.3 Å². The second kappa shape index (κ2) is 4.75. The van der Waals surface area contributed by atoms with Crippen LogP contribution in [0.4, 0.5) is 0 Å². The van der Waals surface area contributed by atoms with Gasteiger partial charge < -0.3 is 0 Å². The predicted octanol–water partition coefficient (Wildman–Crippen LogP) is 3.23. The summed E-state index contributed by atoms with van der Waals surface area (Å²) in [5.74, 6) is 0.378. The number of hydrogen-bond donors (Lipinski definition) is 0. The fourth-order valence-corrected chi connectivity index (χ4v) is 1.44. The topological polar surface area (TPSA) is 17.1 Å². The van der Waals surface area contributed by atoms with E-state index in [2.05, 4.69) is 45.0 Å². The van der Waals surface area contributed by atoms with Crippen LogP contribution < -0.4 is 0 Å². The number of aldehydes is 1. The molecule has 0 saturated carbocycles. The van der Waals surface area contributed by atoms with E-state index < -0.39 is 0 Å². The zero-order chi connectivity index (χ0) is 10.6. The van der Waals surface area contributed by atoms with Crippen molar-refractivity contribution in [1.82, 2.24) is 0 Å². The van der Waals surface area contributed by atoms with E-state index in [0.717, 1.165) is 17.4 Å². The van der Waals surface area contributed by atoms with E-state index in [1.54, 1.807) is 6.08 Å².